The van der Waals surface area contributed by atoms with Gasteiger partial charge in [-0.05, 0) is 128 Å². The van der Waals surface area contributed by atoms with Crippen molar-refractivity contribution in [2.75, 3.05) is 9.80 Å². The van der Waals surface area contributed by atoms with Crippen LogP contribution in [0, 0.1) is 0 Å². The molecule has 14 rings (SSSR count). The van der Waals surface area contributed by atoms with Crippen LogP contribution in [-0.4, -0.2) is 0 Å². The molecule has 0 aliphatic heterocycles. The van der Waals surface area contributed by atoms with Crippen molar-refractivity contribution in [3.8, 4) is 33.4 Å². The number of nitrogens with zero attached hydrogens (tertiary/aromatic N) is 2. The molecule has 0 saturated heterocycles. The maximum absolute atomic E-state index is 2.52. The van der Waals surface area contributed by atoms with Gasteiger partial charge in [0.15, 0.2) is 0 Å². The van der Waals surface area contributed by atoms with E-state index in [2.05, 4.69) is 254 Å². The first-order valence-electron chi connectivity index (χ1n) is 23.3. The molecular weight excluding hydrogens is 829 g/mol. The van der Waals surface area contributed by atoms with Crippen molar-refractivity contribution in [1.82, 2.24) is 0 Å². The summed E-state index contributed by atoms with van der Waals surface area (Å²) in [7, 11) is 0. The highest BCUT2D eigenvalue weighted by atomic mass is 32.1. The first kappa shape index (κ1) is 38.3. The molecule has 2 nitrogen and oxygen atoms in total. The highest BCUT2D eigenvalue weighted by molar-refractivity contribution is 7.26. The van der Waals surface area contributed by atoms with Gasteiger partial charge in [0.2, 0.25) is 0 Å². The van der Waals surface area contributed by atoms with Gasteiger partial charge in [-0.1, -0.05) is 178 Å². The first-order chi connectivity index (χ1) is 33.0. The van der Waals surface area contributed by atoms with E-state index in [1.807, 2.05) is 11.3 Å². The number of anilines is 6. The van der Waals surface area contributed by atoms with Crippen molar-refractivity contribution in [3.63, 3.8) is 0 Å². The fourth-order valence-corrected chi connectivity index (χ4v) is 13.4. The zero-order valence-corrected chi connectivity index (χ0v) is 38.1. The molecule has 0 bridgehead atoms. The van der Waals surface area contributed by atoms with Crippen molar-refractivity contribution in [1.29, 1.82) is 0 Å². The topological polar surface area (TPSA) is 6.48 Å². The normalized spacial score (nSPS) is 15.5. The van der Waals surface area contributed by atoms with Crippen LogP contribution in [0.3, 0.4) is 0 Å². The molecule has 11 aromatic rings. The lowest BCUT2D eigenvalue weighted by atomic mass is 9.70. The molecule has 0 saturated carbocycles. The monoisotopic (exact) mass is 872 g/mol. The minimum Gasteiger partial charge on any atom is -0.310 e. The summed E-state index contributed by atoms with van der Waals surface area (Å²) in [5, 5.41) is 2.59. The van der Waals surface area contributed by atoms with Crippen LogP contribution >= 0.6 is 11.3 Å². The molecule has 0 amide bonds. The second kappa shape index (κ2) is 14.3. The molecular formula is C64H44N2S. The third-order valence-electron chi connectivity index (χ3n) is 15.1. The third-order valence-corrected chi connectivity index (χ3v) is 16.3. The van der Waals surface area contributed by atoms with Gasteiger partial charge in [0.1, 0.15) is 0 Å². The fourth-order valence-electron chi connectivity index (χ4n) is 12.2. The average Bonchev–Trinajstić information content (AvgIpc) is 4.07. The highest BCUT2D eigenvalue weighted by Crippen LogP contribution is 2.65. The highest BCUT2D eigenvalue weighted by Gasteiger charge is 2.53. The van der Waals surface area contributed by atoms with E-state index in [1.165, 1.54) is 98.3 Å². The second-order valence-electron chi connectivity index (χ2n) is 18.8. The minimum absolute atomic E-state index is 0.126. The van der Waals surface area contributed by atoms with Gasteiger partial charge in [0, 0.05) is 49.2 Å². The SMILES string of the molecule is CC1(C)c2ccccc2-c2ccc(N(c3ccccc3)c3ccc4c(c3)C3(c5ccccc5-4)c4ccccc4-c4c(N(c5ccccc5)c5cccc6c5sc5ccccc56)cccc43)cc21. The van der Waals surface area contributed by atoms with E-state index in [-0.39, 0.29) is 5.41 Å². The summed E-state index contributed by atoms with van der Waals surface area (Å²) in [4.78, 5) is 4.99. The zero-order chi connectivity index (χ0) is 44.4. The number of thiophene rings is 1. The molecule has 1 heterocycles. The van der Waals surface area contributed by atoms with Crippen molar-refractivity contribution in [2.45, 2.75) is 24.7 Å². The number of fused-ring (bicyclic) bond motifs is 16. The second-order valence-corrected chi connectivity index (χ2v) is 19.8. The predicted molar refractivity (Wildman–Crippen MR) is 283 cm³/mol. The van der Waals surface area contributed by atoms with Gasteiger partial charge in [-0.15, -0.1) is 11.3 Å². The number of benzene rings is 10. The Balaban J connectivity index is 1.02. The minimum atomic E-state index is -0.570. The smallest absolute Gasteiger partial charge is 0.0727 e. The largest absolute Gasteiger partial charge is 0.310 e. The molecule has 3 aliphatic rings. The van der Waals surface area contributed by atoms with Gasteiger partial charge >= 0.3 is 0 Å². The zero-order valence-electron chi connectivity index (χ0n) is 37.2. The van der Waals surface area contributed by atoms with Crippen molar-refractivity contribution < 1.29 is 0 Å². The molecule has 67 heavy (non-hydrogen) atoms. The Labute approximate surface area is 395 Å². The van der Waals surface area contributed by atoms with E-state index in [0.29, 0.717) is 0 Å². The molecule has 3 heteroatoms. The summed E-state index contributed by atoms with van der Waals surface area (Å²) in [6, 6.07) is 86.2. The van der Waals surface area contributed by atoms with Gasteiger partial charge in [0.25, 0.3) is 0 Å². The summed E-state index contributed by atoms with van der Waals surface area (Å²) in [5.41, 5.74) is 22.0. The van der Waals surface area contributed by atoms with Crippen LogP contribution in [0.4, 0.5) is 34.1 Å². The standard InChI is InChI=1S/C64H44N2S/c1-63(2)52-28-13-9-23-45(52)47-37-35-43(39-56(47)63)65(41-19-5-3-6-20-41)44-36-38-48-46-24-10-14-29-53(46)64(57(48)40-44)54-30-15-11-26-51(54)61-55(64)31-18-32-58(61)66(42-21-7-4-8-22-42)59-33-17-27-50-49-25-12-16-34-60(49)67-62(50)59/h3-40H,1-2H3. The van der Waals surface area contributed by atoms with E-state index >= 15 is 0 Å². The van der Waals surface area contributed by atoms with E-state index in [9.17, 15) is 0 Å². The molecule has 1 aromatic heterocycles. The van der Waals surface area contributed by atoms with Gasteiger partial charge in [-0.25, -0.2) is 0 Å². The molecule has 1 spiro atoms. The summed E-state index contributed by atoms with van der Waals surface area (Å²) >= 11 is 1.88. The number of para-hydroxylation sites is 2. The number of hydrogen-bond acceptors (Lipinski definition) is 3. The lowest BCUT2D eigenvalue weighted by Gasteiger charge is -2.33. The van der Waals surface area contributed by atoms with E-state index in [4.69, 9.17) is 0 Å². The maximum Gasteiger partial charge on any atom is 0.0727 e. The van der Waals surface area contributed by atoms with Crippen LogP contribution in [0.2, 0.25) is 0 Å². The van der Waals surface area contributed by atoms with Gasteiger partial charge in [-0.3, -0.25) is 0 Å². The van der Waals surface area contributed by atoms with Crippen molar-refractivity contribution >= 4 is 65.6 Å². The molecule has 1 atom stereocenters. The Morgan fingerprint density at radius 2 is 0.821 bits per heavy atom. The summed E-state index contributed by atoms with van der Waals surface area (Å²) in [6.07, 6.45) is 0. The molecule has 0 fully saturated rings. The van der Waals surface area contributed by atoms with Crippen LogP contribution in [-0.2, 0) is 10.8 Å². The van der Waals surface area contributed by atoms with E-state index in [0.717, 1.165) is 22.7 Å². The molecule has 1 unspecified atom stereocenters. The van der Waals surface area contributed by atoms with Crippen LogP contribution in [0.5, 0.6) is 0 Å². The predicted octanol–water partition coefficient (Wildman–Crippen LogP) is 17.6. The summed E-state index contributed by atoms with van der Waals surface area (Å²) in [5.74, 6) is 0. The number of rotatable bonds is 6. The molecule has 316 valence electrons. The number of hydrogen-bond donors (Lipinski definition) is 0. The van der Waals surface area contributed by atoms with Crippen molar-refractivity contribution in [2.24, 2.45) is 0 Å². The van der Waals surface area contributed by atoms with E-state index < -0.39 is 5.41 Å². The van der Waals surface area contributed by atoms with Gasteiger partial charge in [-0.2, -0.15) is 0 Å². The van der Waals surface area contributed by atoms with Crippen molar-refractivity contribution in [3.05, 3.63) is 264 Å². The first-order valence-corrected chi connectivity index (χ1v) is 24.2. The maximum atomic E-state index is 2.52. The van der Waals surface area contributed by atoms with Gasteiger partial charge in [0.05, 0.1) is 21.5 Å². The van der Waals surface area contributed by atoms with Crippen LogP contribution in [0.15, 0.2) is 231 Å². The molecule has 0 radical (unpaired) electrons. The third kappa shape index (κ3) is 5.26. The van der Waals surface area contributed by atoms with Crippen LogP contribution < -0.4 is 9.80 Å². The summed E-state index contributed by atoms with van der Waals surface area (Å²) in [6.45, 7) is 4.74. The Kier molecular flexibility index (Phi) is 8.15. The average molecular weight is 873 g/mol. The Bertz CT molecular complexity index is 3810. The van der Waals surface area contributed by atoms with Crippen LogP contribution in [0.1, 0.15) is 47.2 Å². The molecule has 0 N–H and O–H groups in total. The lowest BCUT2D eigenvalue weighted by Crippen LogP contribution is -2.26. The van der Waals surface area contributed by atoms with Gasteiger partial charge < -0.3 is 9.80 Å². The lowest BCUT2D eigenvalue weighted by molar-refractivity contribution is 0.660. The Morgan fingerprint density at radius 3 is 1.55 bits per heavy atom. The quantitative estimate of drug-likeness (QED) is 0.164. The van der Waals surface area contributed by atoms with E-state index in [1.54, 1.807) is 0 Å². The van der Waals surface area contributed by atoms with Crippen LogP contribution in [0.25, 0.3) is 53.6 Å². The Morgan fingerprint density at radius 1 is 0.328 bits per heavy atom. The fraction of sp³-hybridized carbons (Fsp3) is 0.0625. The Hall–Kier alpha value is -7.98. The summed E-state index contributed by atoms with van der Waals surface area (Å²) < 4.78 is 2.58. The molecule has 10 aromatic carbocycles. The molecule has 3 aliphatic carbocycles.